The molecule has 3 nitrogen and oxygen atoms in total. The molecule has 0 unspecified atom stereocenters. The quantitative estimate of drug-likeness (QED) is 0.396. The maximum atomic E-state index is 2.69. The summed E-state index contributed by atoms with van der Waals surface area (Å²) >= 11 is 0. The highest BCUT2D eigenvalue weighted by Gasteiger charge is 2.19. The van der Waals surface area contributed by atoms with Crippen LogP contribution in [0.15, 0.2) is 60.7 Å². The van der Waals surface area contributed by atoms with E-state index in [1.54, 1.807) is 0 Å². The molecule has 0 radical (unpaired) electrons. The van der Waals surface area contributed by atoms with E-state index in [4.69, 9.17) is 0 Å². The minimum absolute atomic E-state index is 0.773. The summed E-state index contributed by atoms with van der Waals surface area (Å²) in [5.41, 5.74) is 2.97. The van der Waals surface area contributed by atoms with E-state index < -0.39 is 0 Å². The average Bonchev–Trinajstić information content (AvgIpc) is 2.81. The maximum Gasteiger partial charge on any atom is 0.0234 e. The van der Waals surface area contributed by atoms with E-state index in [1.165, 1.54) is 75.8 Å². The summed E-state index contributed by atoms with van der Waals surface area (Å²) in [5.74, 6) is 0.773. The van der Waals surface area contributed by atoms with Gasteiger partial charge in [0.1, 0.15) is 0 Å². The monoisotopic (exact) mass is 421 g/mol. The fourth-order valence-electron chi connectivity index (χ4n) is 4.69. The van der Waals surface area contributed by atoms with E-state index in [2.05, 4.69) is 89.5 Å². The van der Waals surface area contributed by atoms with Gasteiger partial charge in [-0.1, -0.05) is 73.5 Å². The number of hydrogen-bond acceptors (Lipinski definition) is 3. The Balaban J connectivity index is 1.28. The van der Waals surface area contributed by atoms with Crippen LogP contribution in [-0.4, -0.2) is 68.1 Å². The third-order valence-corrected chi connectivity index (χ3v) is 6.67. The van der Waals surface area contributed by atoms with Crippen molar-refractivity contribution in [3.8, 4) is 0 Å². The van der Waals surface area contributed by atoms with Gasteiger partial charge in [0, 0.05) is 19.6 Å². The molecule has 2 aromatic carbocycles. The van der Waals surface area contributed by atoms with Crippen LogP contribution in [0.3, 0.4) is 0 Å². The third-order valence-electron chi connectivity index (χ3n) is 6.67. The highest BCUT2D eigenvalue weighted by molar-refractivity contribution is 5.20. The Kier molecular flexibility index (Phi) is 10.6. The van der Waals surface area contributed by atoms with Crippen molar-refractivity contribution < 1.29 is 0 Å². The van der Waals surface area contributed by atoms with E-state index in [-0.39, 0.29) is 0 Å². The first kappa shape index (κ1) is 24.0. The smallest absolute Gasteiger partial charge is 0.0234 e. The molecular formula is C28H43N3. The number of benzene rings is 2. The van der Waals surface area contributed by atoms with Gasteiger partial charge < -0.3 is 9.80 Å². The highest BCUT2D eigenvalue weighted by atomic mass is 15.2. The first-order valence-corrected chi connectivity index (χ1v) is 12.4. The number of likely N-dealkylation sites (tertiary alicyclic amines) is 1. The Morgan fingerprint density at radius 1 is 0.742 bits per heavy atom. The number of unbranched alkanes of at least 4 members (excludes halogenated alkanes) is 3. The van der Waals surface area contributed by atoms with Gasteiger partial charge in [0.25, 0.3) is 0 Å². The normalized spacial score (nSPS) is 15.7. The summed E-state index contributed by atoms with van der Waals surface area (Å²) in [4.78, 5) is 7.61. The molecule has 0 aromatic heterocycles. The van der Waals surface area contributed by atoms with Crippen molar-refractivity contribution in [1.82, 2.24) is 14.7 Å². The van der Waals surface area contributed by atoms with Crippen LogP contribution in [0.4, 0.5) is 0 Å². The van der Waals surface area contributed by atoms with Crippen LogP contribution in [0.5, 0.6) is 0 Å². The number of likely N-dealkylation sites (N-methyl/N-ethyl adjacent to an activating group) is 1. The summed E-state index contributed by atoms with van der Waals surface area (Å²) in [6.07, 6.45) is 8.04. The predicted octanol–water partition coefficient (Wildman–Crippen LogP) is 5.49. The number of hydrogen-bond donors (Lipinski definition) is 0. The molecule has 1 heterocycles. The van der Waals surface area contributed by atoms with Gasteiger partial charge in [-0.25, -0.2) is 0 Å². The zero-order valence-electron chi connectivity index (χ0n) is 19.9. The Labute approximate surface area is 191 Å². The number of rotatable bonds is 13. The second kappa shape index (κ2) is 13.7. The van der Waals surface area contributed by atoms with Crippen LogP contribution < -0.4 is 0 Å². The first-order valence-electron chi connectivity index (χ1n) is 12.4. The Morgan fingerprint density at radius 2 is 1.39 bits per heavy atom. The Hall–Kier alpha value is -1.68. The van der Waals surface area contributed by atoms with Gasteiger partial charge in [0.05, 0.1) is 0 Å². The summed E-state index contributed by atoms with van der Waals surface area (Å²) < 4.78 is 0. The van der Waals surface area contributed by atoms with E-state index in [9.17, 15) is 0 Å². The second-order valence-corrected chi connectivity index (χ2v) is 9.51. The lowest BCUT2D eigenvalue weighted by Gasteiger charge is -2.32. The molecule has 1 fully saturated rings. The molecule has 0 bridgehead atoms. The standard InChI is InChI=1S/C28H43N3/c1-29(2)23-24-31(25-26-13-7-5-8-14-26)20-12-4-3-11-19-30-21-17-28(18-22-30)27-15-9-6-10-16-27/h5-10,13-16,28H,3-4,11-12,17-25H2,1-2H3. The van der Waals surface area contributed by atoms with Gasteiger partial charge in [0.15, 0.2) is 0 Å². The zero-order chi connectivity index (χ0) is 21.7. The van der Waals surface area contributed by atoms with Crippen LogP contribution in [-0.2, 0) is 6.54 Å². The molecule has 0 aliphatic carbocycles. The summed E-state index contributed by atoms with van der Waals surface area (Å²) in [5, 5.41) is 0. The fourth-order valence-corrected chi connectivity index (χ4v) is 4.69. The molecule has 1 aliphatic rings. The molecule has 0 N–H and O–H groups in total. The van der Waals surface area contributed by atoms with Crippen LogP contribution >= 0.6 is 0 Å². The molecule has 0 atom stereocenters. The molecule has 2 aromatic rings. The molecule has 170 valence electrons. The van der Waals surface area contributed by atoms with Crippen molar-refractivity contribution in [3.63, 3.8) is 0 Å². The summed E-state index contributed by atoms with van der Waals surface area (Å²) in [6, 6.07) is 22.0. The molecule has 1 aliphatic heterocycles. The van der Waals surface area contributed by atoms with E-state index in [0.29, 0.717) is 0 Å². The maximum absolute atomic E-state index is 2.69. The lowest BCUT2D eigenvalue weighted by molar-refractivity contribution is 0.206. The van der Waals surface area contributed by atoms with Crippen molar-refractivity contribution in [2.45, 2.75) is 51.0 Å². The lowest BCUT2D eigenvalue weighted by atomic mass is 9.89. The molecular weight excluding hydrogens is 378 g/mol. The summed E-state index contributed by atoms with van der Waals surface area (Å²) in [7, 11) is 4.34. The van der Waals surface area contributed by atoms with E-state index in [0.717, 1.165) is 25.6 Å². The summed E-state index contributed by atoms with van der Waals surface area (Å²) in [6.45, 7) is 8.40. The molecule has 31 heavy (non-hydrogen) atoms. The minimum Gasteiger partial charge on any atom is -0.308 e. The minimum atomic E-state index is 0.773. The van der Waals surface area contributed by atoms with Crippen LogP contribution in [0, 0.1) is 0 Å². The third kappa shape index (κ3) is 9.14. The van der Waals surface area contributed by atoms with Crippen molar-refractivity contribution in [2.75, 3.05) is 53.4 Å². The van der Waals surface area contributed by atoms with Crippen molar-refractivity contribution in [2.24, 2.45) is 0 Å². The molecule has 3 heteroatoms. The van der Waals surface area contributed by atoms with Crippen LogP contribution in [0.25, 0.3) is 0 Å². The largest absolute Gasteiger partial charge is 0.308 e. The van der Waals surface area contributed by atoms with E-state index >= 15 is 0 Å². The molecule has 0 saturated carbocycles. The van der Waals surface area contributed by atoms with Gasteiger partial charge in [-0.15, -0.1) is 0 Å². The van der Waals surface area contributed by atoms with Gasteiger partial charge in [-0.3, -0.25) is 4.90 Å². The van der Waals surface area contributed by atoms with Crippen molar-refractivity contribution in [1.29, 1.82) is 0 Å². The van der Waals surface area contributed by atoms with Crippen molar-refractivity contribution in [3.05, 3.63) is 71.8 Å². The molecule has 0 spiro atoms. The van der Waals surface area contributed by atoms with Gasteiger partial charge in [-0.2, -0.15) is 0 Å². The van der Waals surface area contributed by atoms with Crippen LogP contribution in [0.1, 0.15) is 55.6 Å². The second-order valence-electron chi connectivity index (χ2n) is 9.51. The number of piperidine rings is 1. The molecule has 1 saturated heterocycles. The zero-order valence-corrected chi connectivity index (χ0v) is 19.9. The van der Waals surface area contributed by atoms with Gasteiger partial charge in [-0.05, 0) is 83.0 Å². The Bertz CT molecular complexity index is 693. The first-order chi connectivity index (χ1) is 15.2. The number of nitrogens with zero attached hydrogens (tertiary/aromatic N) is 3. The lowest BCUT2D eigenvalue weighted by Crippen LogP contribution is -2.33. The fraction of sp³-hybridized carbons (Fsp3) is 0.571. The SMILES string of the molecule is CN(C)CCN(CCCCCCN1CCC(c2ccccc2)CC1)Cc1ccccc1. The molecule has 0 amide bonds. The van der Waals surface area contributed by atoms with Gasteiger partial charge in [0.2, 0.25) is 0 Å². The highest BCUT2D eigenvalue weighted by Crippen LogP contribution is 2.27. The van der Waals surface area contributed by atoms with Crippen molar-refractivity contribution >= 4 is 0 Å². The van der Waals surface area contributed by atoms with Crippen LogP contribution in [0.2, 0.25) is 0 Å². The molecule has 3 rings (SSSR count). The topological polar surface area (TPSA) is 9.72 Å². The van der Waals surface area contributed by atoms with E-state index in [1.807, 2.05) is 0 Å². The predicted molar refractivity (Wildman–Crippen MR) is 134 cm³/mol. The Morgan fingerprint density at radius 3 is 2.06 bits per heavy atom. The van der Waals surface area contributed by atoms with Gasteiger partial charge >= 0.3 is 0 Å². The average molecular weight is 422 g/mol.